The maximum absolute atomic E-state index is 12.5. The lowest BCUT2D eigenvalue weighted by molar-refractivity contribution is -0.171. The molecule has 0 bridgehead atoms. The molecular weight excluding hydrogens is 360 g/mol. The van der Waals surface area contributed by atoms with Crippen LogP contribution in [0.3, 0.4) is 0 Å². The molecule has 0 amide bonds. The van der Waals surface area contributed by atoms with Gasteiger partial charge in [0.15, 0.2) is 0 Å². The number of carbonyl (C=O) groups excluding carboxylic acids is 2. The van der Waals surface area contributed by atoms with E-state index in [1.807, 2.05) is 41.5 Å². The van der Waals surface area contributed by atoms with Crippen LogP contribution in [0.4, 0.5) is 0 Å². The number of ether oxygens (including phenoxy) is 2. The summed E-state index contributed by atoms with van der Waals surface area (Å²) in [5.74, 6) is -1.26. The quantitative estimate of drug-likeness (QED) is 0.709. The van der Waals surface area contributed by atoms with Crippen molar-refractivity contribution in [2.45, 2.75) is 103 Å². The Labute approximate surface area is 169 Å². The van der Waals surface area contributed by atoms with Gasteiger partial charge in [-0.3, -0.25) is 9.59 Å². The summed E-state index contributed by atoms with van der Waals surface area (Å²) >= 11 is 0. The lowest BCUT2D eigenvalue weighted by Gasteiger charge is -2.41. The highest BCUT2D eigenvalue weighted by Crippen LogP contribution is 2.43. The van der Waals surface area contributed by atoms with E-state index < -0.39 is 35.2 Å². The van der Waals surface area contributed by atoms with Crippen molar-refractivity contribution in [2.75, 3.05) is 0 Å². The SMILES string of the molecule is CC(C)(C)OC(=O)C1CC(C2CCC(O)C(C(=O)OC(C)(C)C)C2)CCC1O. The molecule has 2 aliphatic carbocycles. The molecule has 0 saturated heterocycles. The highest BCUT2D eigenvalue weighted by molar-refractivity contribution is 5.74. The molecule has 162 valence electrons. The molecule has 2 fully saturated rings. The molecular formula is C22H38O6. The first-order chi connectivity index (χ1) is 12.8. The van der Waals surface area contributed by atoms with Crippen LogP contribution in [0.25, 0.3) is 0 Å². The van der Waals surface area contributed by atoms with E-state index in [9.17, 15) is 19.8 Å². The van der Waals surface area contributed by atoms with Gasteiger partial charge in [0.1, 0.15) is 11.2 Å². The maximum atomic E-state index is 12.5. The van der Waals surface area contributed by atoms with Gasteiger partial charge in [0.05, 0.1) is 24.0 Å². The standard InChI is InChI=1S/C22H38O6/c1-21(2,3)27-19(25)15-11-13(7-9-17(15)23)14-8-10-18(24)16(12-14)20(26)28-22(4,5)6/h13-18,23-24H,7-12H2,1-6H3. The molecule has 6 atom stereocenters. The van der Waals surface area contributed by atoms with Crippen LogP contribution in [0.15, 0.2) is 0 Å². The van der Waals surface area contributed by atoms with Crippen molar-refractivity contribution >= 4 is 11.9 Å². The van der Waals surface area contributed by atoms with Gasteiger partial charge < -0.3 is 19.7 Å². The van der Waals surface area contributed by atoms with Crippen LogP contribution in [0.2, 0.25) is 0 Å². The molecule has 6 unspecified atom stereocenters. The summed E-state index contributed by atoms with van der Waals surface area (Å²) < 4.78 is 11.0. The first kappa shape index (κ1) is 23.1. The van der Waals surface area contributed by atoms with E-state index in [-0.39, 0.29) is 23.8 Å². The molecule has 0 aliphatic heterocycles. The molecule has 2 aliphatic rings. The predicted octanol–water partition coefficient (Wildman–Crippen LogP) is 3.22. The second-order valence-corrected chi connectivity index (χ2v) is 10.6. The van der Waals surface area contributed by atoms with E-state index in [0.29, 0.717) is 25.7 Å². The third kappa shape index (κ3) is 6.45. The second-order valence-electron chi connectivity index (χ2n) is 10.6. The van der Waals surface area contributed by atoms with Crippen LogP contribution in [0, 0.1) is 23.7 Å². The zero-order valence-electron chi connectivity index (χ0n) is 18.2. The number of hydrogen-bond donors (Lipinski definition) is 2. The van der Waals surface area contributed by atoms with Crippen LogP contribution in [-0.2, 0) is 19.1 Å². The van der Waals surface area contributed by atoms with Crippen molar-refractivity contribution in [3.8, 4) is 0 Å². The molecule has 28 heavy (non-hydrogen) atoms. The van der Waals surface area contributed by atoms with Gasteiger partial charge in [-0.15, -0.1) is 0 Å². The molecule has 0 aromatic rings. The summed E-state index contributed by atoms with van der Waals surface area (Å²) in [6, 6.07) is 0. The first-order valence-corrected chi connectivity index (χ1v) is 10.6. The Morgan fingerprint density at radius 3 is 1.29 bits per heavy atom. The van der Waals surface area contributed by atoms with E-state index in [1.54, 1.807) is 0 Å². The molecule has 0 spiro atoms. The third-order valence-electron chi connectivity index (χ3n) is 5.79. The van der Waals surface area contributed by atoms with Gasteiger partial charge in [-0.2, -0.15) is 0 Å². The molecule has 6 heteroatoms. The van der Waals surface area contributed by atoms with Gasteiger partial charge in [0.2, 0.25) is 0 Å². The summed E-state index contributed by atoms with van der Waals surface area (Å²) in [6.45, 7) is 10.9. The highest BCUT2D eigenvalue weighted by atomic mass is 16.6. The van der Waals surface area contributed by atoms with Gasteiger partial charge in [0.25, 0.3) is 0 Å². The van der Waals surface area contributed by atoms with Gasteiger partial charge in [0, 0.05) is 0 Å². The minimum absolute atomic E-state index is 0.235. The average Bonchev–Trinajstić information content (AvgIpc) is 2.52. The predicted molar refractivity (Wildman–Crippen MR) is 105 cm³/mol. The fourth-order valence-electron chi connectivity index (χ4n) is 4.49. The normalized spacial score (nSPS) is 34.6. The Balaban J connectivity index is 2.03. The molecule has 0 aromatic heterocycles. The van der Waals surface area contributed by atoms with Gasteiger partial charge in [-0.1, -0.05) is 0 Å². The maximum Gasteiger partial charge on any atom is 0.312 e. The molecule has 2 N–H and O–H groups in total. The van der Waals surface area contributed by atoms with Crippen molar-refractivity contribution in [1.29, 1.82) is 0 Å². The Morgan fingerprint density at radius 1 is 0.679 bits per heavy atom. The topological polar surface area (TPSA) is 93.1 Å². The van der Waals surface area contributed by atoms with Crippen LogP contribution in [0.1, 0.15) is 80.1 Å². The van der Waals surface area contributed by atoms with Crippen LogP contribution >= 0.6 is 0 Å². The lowest BCUT2D eigenvalue weighted by atomic mass is 9.67. The zero-order valence-corrected chi connectivity index (χ0v) is 18.2. The van der Waals surface area contributed by atoms with Crippen LogP contribution < -0.4 is 0 Å². The molecule has 6 nitrogen and oxygen atoms in total. The second kappa shape index (κ2) is 8.70. The van der Waals surface area contributed by atoms with E-state index >= 15 is 0 Å². The van der Waals surface area contributed by atoms with Gasteiger partial charge in [-0.25, -0.2) is 0 Å². The fraction of sp³-hybridized carbons (Fsp3) is 0.909. The Morgan fingerprint density at radius 2 is 1.00 bits per heavy atom. The largest absolute Gasteiger partial charge is 0.460 e. The van der Waals surface area contributed by atoms with Crippen LogP contribution in [-0.4, -0.2) is 45.6 Å². The highest BCUT2D eigenvalue weighted by Gasteiger charge is 2.43. The molecule has 2 rings (SSSR count). The third-order valence-corrected chi connectivity index (χ3v) is 5.79. The fourth-order valence-corrected chi connectivity index (χ4v) is 4.49. The van der Waals surface area contributed by atoms with Crippen LogP contribution in [0.5, 0.6) is 0 Å². The Kier molecular flexibility index (Phi) is 7.19. The number of aliphatic hydroxyl groups is 2. The summed E-state index contributed by atoms with van der Waals surface area (Å²) in [6.07, 6.45) is 2.54. The van der Waals surface area contributed by atoms with Crippen molar-refractivity contribution in [3.63, 3.8) is 0 Å². The van der Waals surface area contributed by atoms with E-state index in [2.05, 4.69) is 0 Å². The molecule has 2 saturated carbocycles. The number of rotatable bonds is 3. The van der Waals surface area contributed by atoms with Crippen molar-refractivity contribution < 1.29 is 29.3 Å². The van der Waals surface area contributed by atoms with Gasteiger partial charge >= 0.3 is 11.9 Å². The first-order valence-electron chi connectivity index (χ1n) is 10.6. The molecule has 0 radical (unpaired) electrons. The minimum Gasteiger partial charge on any atom is -0.460 e. The zero-order chi connectivity index (χ0) is 21.3. The molecule has 0 aromatic carbocycles. The van der Waals surface area contributed by atoms with E-state index in [0.717, 1.165) is 12.8 Å². The summed E-state index contributed by atoms with van der Waals surface area (Å²) in [7, 11) is 0. The van der Waals surface area contributed by atoms with Crippen molar-refractivity contribution in [2.24, 2.45) is 23.7 Å². The molecule has 0 heterocycles. The minimum atomic E-state index is -0.679. The smallest absolute Gasteiger partial charge is 0.312 e. The monoisotopic (exact) mass is 398 g/mol. The van der Waals surface area contributed by atoms with Crippen molar-refractivity contribution in [1.82, 2.24) is 0 Å². The number of carbonyl (C=O) groups is 2. The number of aliphatic hydroxyl groups excluding tert-OH is 2. The Bertz CT molecular complexity index is 508. The lowest BCUT2D eigenvalue weighted by Crippen LogP contribution is -2.44. The summed E-state index contributed by atoms with van der Waals surface area (Å²) in [5.41, 5.74) is -1.17. The average molecular weight is 399 g/mol. The van der Waals surface area contributed by atoms with E-state index in [4.69, 9.17) is 9.47 Å². The number of esters is 2. The summed E-state index contributed by atoms with van der Waals surface area (Å²) in [5, 5.41) is 20.7. The van der Waals surface area contributed by atoms with Crippen molar-refractivity contribution in [3.05, 3.63) is 0 Å². The van der Waals surface area contributed by atoms with Gasteiger partial charge in [-0.05, 0) is 91.9 Å². The number of hydrogen-bond acceptors (Lipinski definition) is 6. The summed E-state index contributed by atoms with van der Waals surface area (Å²) in [4.78, 5) is 25.1. The van der Waals surface area contributed by atoms with E-state index in [1.165, 1.54) is 0 Å². The Hall–Kier alpha value is -1.14.